The van der Waals surface area contributed by atoms with Crippen LogP contribution in [-0.4, -0.2) is 189 Å². The molecule has 1 atom stereocenters. The van der Waals surface area contributed by atoms with E-state index in [0.717, 1.165) is 108 Å². The maximum Gasteiger partial charge on any atom is 0.272 e. The van der Waals surface area contributed by atoms with Crippen molar-refractivity contribution in [1.29, 1.82) is 0 Å². The number of aromatic amines is 1. The van der Waals surface area contributed by atoms with Crippen LogP contribution in [0.25, 0.3) is 10.8 Å². The molecule has 0 spiro atoms. The number of carbonyl (C=O) groups is 4. The van der Waals surface area contributed by atoms with Crippen molar-refractivity contribution < 1.29 is 26.4 Å². The number of likely N-dealkylation sites (tertiary alicyclic amines) is 2. The van der Waals surface area contributed by atoms with Gasteiger partial charge in [0.05, 0.1) is 35.4 Å². The first-order valence-electron chi connectivity index (χ1n) is 26.2. The van der Waals surface area contributed by atoms with E-state index in [-0.39, 0.29) is 37.6 Å². The predicted molar refractivity (Wildman–Crippen MR) is 278 cm³/mol. The van der Waals surface area contributed by atoms with Crippen LogP contribution in [0.1, 0.15) is 89.7 Å². The van der Waals surface area contributed by atoms with Crippen LogP contribution in [0.2, 0.25) is 0 Å². The molecule has 5 aliphatic rings. The van der Waals surface area contributed by atoms with E-state index in [9.17, 15) is 24.0 Å². The number of carbonyl (C=O) groups excluding carboxylic acids is 4. The lowest BCUT2D eigenvalue weighted by Crippen LogP contribution is -2.53. The number of piperidine rings is 2. The van der Waals surface area contributed by atoms with Crippen LogP contribution in [-0.2, 0) is 29.1 Å². The third kappa shape index (κ3) is 12.3. The Morgan fingerprint density at radius 3 is 2.30 bits per heavy atom. The number of amides is 4. The standard InChI is InChI=1S/C55H67FN12O5.2H2/c56-48-12-11-40(29-49-45-9-1-2-10-46(45)54(72)61-60-49)28-47(48)55(73)67-26-24-66(25-27-67)51(69)36-63-18-13-39(14-19-63)32-64-22-20-62(21-23-64)16-5-15-58-53(71)42-7-3-6-41(30-42)43-8-4-17-68(34-43)52(70)37-65-33-44-31-57-38-59-50(44)35-65;;/h1-3,6-7,9-12,28,30-31,38-39,43H,4-5,8,13-27,29,32-37H2,(H,58,71)(H,61,72);2*1H/t43-;;/m0../s1. The Hall–Kier alpha value is -6.47. The second kappa shape index (κ2) is 23.2. The zero-order chi connectivity index (χ0) is 50.3. The number of nitrogens with zero attached hydrogens (tertiary/aromatic N) is 10. The predicted octanol–water partition coefficient (Wildman–Crippen LogP) is 4.09. The molecule has 3 aromatic carbocycles. The van der Waals surface area contributed by atoms with E-state index in [2.05, 4.69) is 51.1 Å². The third-order valence-electron chi connectivity index (χ3n) is 15.7. The summed E-state index contributed by atoms with van der Waals surface area (Å²) in [7, 11) is 0. The molecule has 4 saturated heterocycles. The molecule has 0 aliphatic carbocycles. The highest BCUT2D eigenvalue weighted by molar-refractivity contribution is 5.95. The highest BCUT2D eigenvalue weighted by Gasteiger charge is 2.31. The molecule has 0 saturated carbocycles. The van der Waals surface area contributed by atoms with Gasteiger partial charge in [-0.25, -0.2) is 19.5 Å². The lowest BCUT2D eigenvalue weighted by Gasteiger charge is -2.39. The number of piperazine rings is 2. The zero-order valence-corrected chi connectivity index (χ0v) is 41.7. The quantitative estimate of drug-likeness (QED) is 0.144. The number of fused-ring (bicyclic) bond motifs is 2. The van der Waals surface area contributed by atoms with Crippen molar-refractivity contribution in [1.82, 2.24) is 59.8 Å². The molecule has 4 fully saturated rings. The molecule has 17 nitrogen and oxygen atoms in total. The van der Waals surface area contributed by atoms with Crippen LogP contribution in [0, 0.1) is 11.7 Å². The topological polar surface area (TPSA) is 175 Å². The van der Waals surface area contributed by atoms with Gasteiger partial charge >= 0.3 is 0 Å². The van der Waals surface area contributed by atoms with Crippen LogP contribution in [0.15, 0.2) is 84.0 Å². The first kappa shape index (κ1) is 50.1. The van der Waals surface area contributed by atoms with Crippen molar-refractivity contribution in [3.63, 3.8) is 0 Å². The zero-order valence-electron chi connectivity index (χ0n) is 41.7. The minimum Gasteiger partial charge on any atom is -0.352 e. The highest BCUT2D eigenvalue weighted by atomic mass is 19.1. The number of rotatable bonds is 15. The van der Waals surface area contributed by atoms with E-state index in [1.165, 1.54) is 6.07 Å². The van der Waals surface area contributed by atoms with Crippen molar-refractivity contribution in [2.24, 2.45) is 5.92 Å². The summed E-state index contributed by atoms with van der Waals surface area (Å²) in [4.78, 5) is 89.2. The minimum absolute atomic E-state index is 0. The summed E-state index contributed by atoms with van der Waals surface area (Å²) in [5.41, 5.74) is 4.93. The van der Waals surface area contributed by atoms with Gasteiger partial charge in [0.1, 0.15) is 12.1 Å². The summed E-state index contributed by atoms with van der Waals surface area (Å²) in [6.07, 6.45) is 8.66. The first-order valence-corrected chi connectivity index (χ1v) is 26.2. The summed E-state index contributed by atoms with van der Waals surface area (Å²) in [6.45, 7) is 13.5. The van der Waals surface area contributed by atoms with Crippen molar-refractivity contribution in [3.8, 4) is 0 Å². The number of H-pyrrole nitrogens is 1. The van der Waals surface area contributed by atoms with Crippen LogP contribution >= 0.6 is 0 Å². The molecule has 0 bridgehead atoms. The largest absolute Gasteiger partial charge is 0.352 e. The second-order valence-corrected chi connectivity index (χ2v) is 20.6. The van der Waals surface area contributed by atoms with Crippen LogP contribution in [0.5, 0.6) is 0 Å². The monoisotopic (exact) mass is 999 g/mol. The molecule has 388 valence electrons. The number of nitrogens with one attached hydrogen (secondary N) is 2. The molecule has 0 unspecified atom stereocenters. The van der Waals surface area contributed by atoms with Gasteiger partial charge in [-0.15, -0.1) is 0 Å². The molecule has 5 aromatic rings. The number of halogens is 1. The van der Waals surface area contributed by atoms with E-state index >= 15 is 4.39 Å². The summed E-state index contributed by atoms with van der Waals surface area (Å²) in [5, 5.41) is 11.2. The Morgan fingerprint density at radius 2 is 1.49 bits per heavy atom. The van der Waals surface area contributed by atoms with Gasteiger partial charge in [0.25, 0.3) is 17.4 Å². The average Bonchev–Trinajstić information content (AvgIpc) is 3.84. The van der Waals surface area contributed by atoms with Gasteiger partial charge in [-0.05, 0) is 99.1 Å². The van der Waals surface area contributed by atoms with E-state index in [1.54, 1.807) is 35.5 Å². The van der Waals surface area contributed by atoms with Crippen molar-refractivity contribution in [2.45, 2.75) is 57.5 Å². The van der Waals surface area contributed by atoms with E-state index < -0.39 is 11.7 Å². The Labute approximate surface area is 428 Å². The molecule has 73 heavy (non-hydrogen) atoms. The van der Waals surface area contributed by atoms with E-state index in [4.69, 9.17) is 0 Å². The lowest BCUT2D eigenvalue weighted by molar-refractivity contribution is -0.134. The van der Waals surface area contributed by atoms with Gasteiger partial charge in [-0.3, -0.25) is 33.8 Å². The molecular weight excluding hydrogens is 928 g/mol. The molecule has 7 heterocycles. The highest BCUT2D eigenvalue weighted by Crippen LogP contribution is 2.29. The Kier molecular flexibility index (Phi) is 15.9. The van der Waals surface area contributed by atoms with E-state index in [1.807, 2.05) is 46.3 Å². The van der Waals surface area contributed by atoms with Gasteiger partial charge in [0, 0.05) is 130 Å². The molecule has 18 heteroatoms. The van der Waals surface area contributed by atoms with Gasteiger partial charge in [0.15, 0.2) is 0 Å². The Balaban J connectivity index is 0.00000374. The molecule has 10 rings (SSSR count). The Bertz CT molecular complexity index is 2830. The smallest absolute Gasteiger partial charge is 0.272 e. The fraction of sp³-hybridized carbons (Fsp3) is 0.491. The summed E-state index contributed by atoms with van der Waals surface area (Å²) in [6, 6.07) is 19.6. The van der Waals surface area contributed by atoms with E-state index in [0.29, 0.717) is 105 Å². The summed E-state index contributed by atoms with van der Waals surface area (Å²) in [5.74, 6) is -0.0379. The molecule has 2 N–H and O–H groups in total. The average molecular weight is 999 g/mol. The van der Waals surface area contributed by atoms with Crippen molar-refractivity contribution in [2.75, 3.05) is 111 Å². The number of hydrogen-bond donors (Lipinski definition) is 2. The Morgan fingerprint density at radius 1 is 0.740 bits per heavy atom. The number of hydrogen-bond acceptors (Lipinski definition) is 12. The van der Waals surface area contributed by atoms with Gasteiger partial charge in [-0.2, -0.15) is 5.10 Å². The fourth-order valence-electron chi connectivity index (χ4n) is 11.4. The molecule has 4 amide bonds. The fourth-order valence-corrected chi connectivity index (χ4v) is 11.4. The SMILES string of the molecule is O=C(NCCCN1CCN(CC2CCN(CC(=O)N3CCN(C(=O)c4cc(Cc5n[nH]c(=O)c6ccccc56)ccc4F)CC3)CC2)CC1)c1cccc([C@H]2CCCN(C(=O)CN3Cc4cncnc4C3)C2)c1.[HH].[HH]. The third-order valence-corrected chi connectivity index (χ3v) is 15.7. The van der Waals surface area contributed by atoms with Crippen LogP contribution in [0.4, 0.5) is 4.39 Å². The van der Waals surface area contributed by atoms with Gasteiger partial charge in [-0.1, -0.05) is 36.4 Å². The van der Waals surface area contributed by atoms with Gasteiger partial charge in [0.2, 0.25) is 11.8 Å². The molecule has 5 aliphatic heterocycles. The number of benzene rings is 3. The van der Waals surface area contributed by atoms with Crippen molar-refractivity contribution >= 4 is 34.4 Å². The van der Waals surface area contributed by atoms with Gasteiger partial charge < -0.3 is 29.8 Å². The first-order chi connectivity index (χ1) is 35.6. The molecule has 2 aromatic heterocycles. The van der Waals surface area contributed by atoms with Crippen LogP contribution < -0.4 is 10.9 Å². The van der Waals surface area contributed by atoms with Crippen LogP contribution in [0.3, 0.4) is 0 Å². The summed E-state index contributed by atoms with van der Waals surface area (Å²) < 4.78 is 15.1. The lowest BCUT2D eigenvalue weighted by atomic mass is 9.89. The molecule has 0 radical (unpaired) electrons. The number of aromatic nitrogens is 4. The maximum atomic E-state index is 15.1. The maximum absolute atomic E-state index is 15.1. The normalized spacial score (nSPS) is 19.6. The molecular formula is C55H71FN12O5. The minimum atomic E-state index is -0.594. The van der Waals surface area contributed by atoms with Crippen molar-refractivity contribution in [3.05, 3.63) is 135 Å². The second-order valence-electron chi connectivity index (χ2n) is 20.6. The summed E-state index contributed by atoms with van der Waals surface area (Å²) >= 11 is 0.